The van der Waals surface area contributed by atoms with Gasteiger partial charge in [-0.25, -0.2) is 14.5 Å². The highest BCUT2D eigenvalue weighted by atomic mass is 32.1. The van der Waals surface area contributed by atoms with Crippen molar-refractivity contribution in [2.24, 2.45) is 0 Å². The monoisotopic (exact) mass is 351 g/mol. The van der Waals surface area contributed by atoms with Gasteiger partial charge in [0.25, 0.3) is 0 Å². The molecule has 0 bridgehead atoms. The van der Waals surface area contributed by atoms with Crippen LogP contribution in [0.4, 0.5) is 5.13 Å². The number of nitrogens with zero attached hydrogens (tertiary/aromatic N) is 4. The number of hydrogen-bond donors (Lipinski definition) is 1. The van der Waals surface area contributed by atoms with Crippen molar-refractivity contribution in [2.75, 3.05) is 5.32 Å². The molecule has 0 atom stereocenters. The number of aryl methyl sites for hydroxylation is 2. The number of carbonyl (C=O) groups excluding carboxylic acids is 1. The number of anilines is 1. The van der Waals surface area contributed by atoms with Gasteiger partial charge in [0.05, 0.1) is 5.52 Å². The molecule has 1 N–H and O–H groups in total. The average molecular weight is 351 g/mol. The van der Waals surface area contributed by atoms with Crippen molar-refractivity contribution in [2.45, 2.75) is 26.7 Å². The number of rotatable bonds is 4. The Morgan fingerprint density at radius 3 is 2.92 bits per heavy atom. The molecule has 25 heavy (non-hydrogen) atoms. The Hall–Kier alpha value is -2.80. The predicted octanol–water partition coefficient (Wildman–Crippen LogP) is 3.53. The number of carbonyl (C=O) groups is 1. The van der Waals surface area contributed by atoms with Crippen molar-refractivity contribution < 1.29 is 4.79 Å². The van der Waals surface area contributed by atoms with E-state index in [4.69, 9.17) is 4.98 Å². The van der Waals surface area contributed by atoms with Crippen LogP contribution in [-0.4, -0.2) is 25.5 Å². The van der Waals surface area contributed by atoms with Crippen molar-refractivity contribution in [3.63, 3.8) is 0 Å². The molecule has 0 aliphatic carbocycles. The molecule has 0 saturated heterocycles. The van der Waals surface area contributed by atoms with Crippen LogP contribution in [0.15, 0.2) is 35.8 Å². The Bertz CT molecular complexity index is 1070. The zero-order valence-corrected chi connectivity index (χ0v) is 14.8. The average Bonchev–Trinajstić information content (AvgIpc) is 3.22. The van der Waals surface area contributed by atoms with E-state index in [1.165, 1.54) is 11.3 Å². The molecule has 0 aliphatic rings. The highest BCUT2D eigenvalue weighted by Crippen LogP contribution is 2.23. The number of amides is 1. The van der Waals surface area contributed by atoms with Crippen molar-refractivity contribution in [3.05, 3.63) is 52.8 Å². The molecule has 1 amide bonds. The van der Waals surface area contributed by atoms with Gasteiger partial charge in [-0.2, -0.15) is 5.10 Å². The molecule has 6 nitrogen and oxygen atoms in total. The maximum absolute atomic E-state index is 12.1. The minimum absolute atomic E-state index is 0.0422. The number of fused-ring (bicyclic) bond motifs is 3. The third-order valence-electron chi connectivity index (χ3n) is 4.30. The molecular weight excluding hydrogens is 334 g/mol. The number of thiazole rings is 1. The zero-order chi connectivity index (χ0) is 17.4. The van der Waals surface area contributed by atoms with Crippen LogP contribution in [0.25, 0.3) is 16.6 Å². The first-order chi connectivity index (χ1) is 12.1. The number of nitrogens with one attached hydrogen (secondary N) is 1. The normalized spacial score (nSPS) is 11.3. The lowest BCUT2D eigenvalue weighted by molar-refractivity contribution is -0.116. The third-order valence-corrected chi connectivity index (χ3v) is 4.99. The second-order valence-corrected chi connectivity index (χ2v) is 6.79. The topological polar surface area (TPSA) is 72.2 Å². The van der Waals surface area contributed by atoms with Crippen LogP contribution in [0, 0.1) is 13.8 Å². The van der Waals surface area contributed by atoms with Gasteiger partial charge >= 0.3 is 0 Å². The van der Waals surface area contributed by atoms with Crippen LogP contribution in [-0.2, 0) is 11.2 Å². The maximum atomic E-state index is 12.1. The number of hydrogen-bond acceptors (Lipinski definition) is 5. The zero-order valence-electron chi connectivity index (χ0n) is 14.0. The van der Waals surface area contributed by atoms with Crippen LogP contribution in [0.3, 0.4) is 0 Å². The van der Waals surface area contributed by atoms with Gasteiger partial charge in [0, 0.05) is 34.8 Å². The van der Waals surface area contributed by atoms with E-state index in [0.717, 1.165) is 33.5 Å². The molecule has 3 heterocycles. The van der Waals surface area contributed by atoms with E-state index in [1.54, 1.807) is 6.20 Å². The van der Waals surface area contributed by atoms with E-state index in [9.17, 15) is 4.79 Å². The van der Waals surface area contributed by atoms with E-state index < -0.39 is 0 Å². The molecule has 126 valence electrons. The van der Waals surface area contributed by atoms with Gasteiger partial charge in [-0.15, -0.1) is 11.3 Å². The standard InChI is InChI=1S/C18H17N5OS/c1-11-13(7-8-16(24)21-18-19-9-10-25-18)12(2)23-17(20-11)14-5-3-4-6-15(14)22-23/h3-6,9-10H,7-8H2,1-2H3,(H,19,21,24). The van der Waals surface area contributed by atoms with Gasteiger partial charge in [-0.05, 0) is 38.0 Å². The van der Waals surface area contributed by atoms with Crippen LogP contribution < -0.4 is 5.32 Å². The molecule has 0 fully saturated rings. The molecule has 0 aliphatic heterocycles. The summed E-state index contributed by atoms with van der Waals surface area (Å²) in [7, 11) is 0. The first kappa shape index (κ1) is 15.7. The quantitative estimate of drug-likeness (QED) is 0.610. The molecule has 1 aromatic carbocycles. The molecule has 0 saturated carbocycles. The summed E-state index contributed by atoms with van der Waals surface area (Å²) in [5, 5.41) is 11.0. The first-order valence-corrected chi connectivity index (χ1v) is 8.94. The maximum Gasteiger partial charge on any atom is 0.226 e. The van der Waals surface area contributed by atoms with Gasteiger partial charge in [0.1, 0.15) is 0 Å². The van der Waals surface area contributed by atoms with Crippen molar-refractivity contribution in [3.8, 4) is 0 Å². The fourth-order valence-electron chi connectivity index (χ4n) is 3.04. The van der Waals surface area contributed by atoms with Crippen molar-refractivity contribution in [1.29, 1.82) is 0 Å². The Morgan fingerprint density at radius 1 is 1.28 bits per heavy atom. The van der Waals surface area contributed by atoms with Gasteiger partial charge in [-0.1, -0.05) is 12.1 Å². The number of aromatic nitrogens is 4. The summed E-state index contributed by atoms with van der Waals surface area (Å²) in [6.45, 7) is 4.02. The van der Waals surface area contributed by atoms with Crippen molar-refractivity contribution >= 4 is 38.9 Å². The van der Waals surface area contributed by atoms with Crippen LogP contribution in [0.1, 0.15) is 23.4 Å². The summed E-state index contributed by atoms with van der Waals surface area (Å²) in [6.07, 6.45) is 2.68. The third kappa shape index (κ3) is 2.87. The highest BCUT2D eigenvalue weighted by Gasteiger charge is 2.15. The minimum atomic E-state index is -0.0422. The predicted molar refractivity (Wildman–Crippen MR) is 99.0 cm³/mol. The summed E-state index contributed by atoms with van der Waals surface area (Å²) < 4.78 is 1.88. The lowest BCUT2D eigenvalue weighted by Gasteiger charge is -2.10. The second kappa shape index (κ2) is 6.25. The lowest BCUT2D eigenvalue weighted by atomic mass is 10.1. The molecule has 0 spiro atoms. The Labute approximate surface area is 148 Å². The molecular formula is C18H17N5OS. The summed E-state index contributed by atoms with van der Waals surface area (Å²) in [6, 6.07) is 7.98. The summed E-state index contributed by atoms with van der Waals surface area (Å²) >= 11 is 1.41. The molecule has 0 unspecified atom stereocenters. The summed E-state index contributed by atoms with van der Waals surface area (Å²) in [5.74, 6) is -0.0422. The molecule has 3 aromatic heterocycles. The fourth-order valence-corrected chi connectivity index (χ4v) is 3.59. The summed E-state index contributed by atoms with van der Waals surface area (Å²) in [5.41, 5.74) is 4.82. The van der Waals surface area contributed by atoms with Crippen LogP contribution in [0.5, 0.6) is 0 Å². The van der Waals surface area contributed by atoms with Crippen molar-refractivity contribution in [1.82, 2.24) is 19.6 Å². The molecule has 4 aromatic rings. The largest absolute Gasteiger partial charge is 0.302 e. The van der Waals surface area contributed by atoms with Gasteiger partial charge in [0.2, 0.25) is 5.91 Å². The van der Waals surface area contributed by atoms with E-state index in [1.807, 2.05) is 48.0 Å². The molecule has 7 heteroatoms. The lowest BCUT2D eigenvalue weighted by Crippen LogP contribution is -2.14. The van der Waals surface area contributed by atoms with E-state index in [-0.39, 0.29) is 5.91 Å². The second-order valence-electron chi connectivity index (χ2n) is 5.90. The molecule has 0 radical (unpaired) electrons. The Morgan fingerprint density at radius 2 is 2.12 bits per heavy atom. The number of benzene rings is 1. The van der Waals surface area contributed by atoms with E-state index in [2.05, 4.69) is 15.4 Å². The molecule has 4 rings (SSSR count). The van der Waals surface area contributed by atoms with Gasteiger partial charge in [-0.3, -0.25) is 4.79 Å². The Balaban J connectivity index is 1.63. The Kier molecular flexibility index (Phi) is 3.93. The highest BCUT2D eigenvalue weighted by molar-refractivity contribution is 7.13. The SMILES string of the molecule is Cc1nc2c3ccccc3nn2c(C)c1CCC(=O)Nc1nccs1. The fraction of sp³-hybridized carbons (Fsp3) is 0.222. The van der Waals surface area contributed by atoms with E-state index >= 15 is 0 Å². The summed E-state index contributed by atoms with van der Waals surface area (Å²) in [4.78, 5) is 20.9. The first-order valence-electron chi connectivity index (χ1n) is 8.06. The smallest absolute Gasteiger partial charge is 0.226 e. The van der Waals surface area contributed by atoms with Gasteiger partial charge in [0.15, 0.2) is 10.8 Å². The van der Waals surface area contributed by atoms with Gasteiger partial charge < -0.3 is 5.32 Å². The van der Waals surface area contributed by atoms with Crippen LogP contribution >= 0.6 is 11.3 Å². The van der Waals surface area contributed by atoms with Crippen LogP contribution in [0.2, 0.25) is 0 Å². The minimum Gasteiger partial charge on any atom is -0.302 e. The van der Waals surface area contributed by atoms with E-state index in [0.29, 0.717) is 18.0 Å².